The van der Waals surface area contributed by atoms with Gasteiger partial charge < -0.3 is 4.84 Å². The van der Waals surface area contributed by atoms with E-state index in [9.17, 15) is 0 Å². The molecule has 0 N–H and O–H groups in total. The number of fused-ring (bicyclic) bond motifs is 2. The summed E-state index contributed by atoms with van der Waals surface area (Å²) < 4.78 is 0. The summed E-state index contributed by atoms with van der Waals surface area (Å²) in [5.41, 5.74) is 2.56. The Labute approximate surface area is 109 Å². The fourth-order valence-corrected chi connectivity index (χ4v) is 3.34. The zero-order valence-electron chi connectivity index (χ0n) is 10.8. The second-order valence-corrected chi connectivity index (χ2v) is 5.53. The molecule has 0 spiro atoms. The van der Waals surface area contributed by atoms with Gasteiger partial charge in [-0.25, -0.2) is 0 Å². The Morgan fingerprint density at radius 1 is 0.944 bits per heavy atom. The highest BCUT2D eigenvalue weighted by Crippen LogP contribution is 2.37. The maximum Gasteiger partial charge on any atom is 0.142 e. The smallest absolute Gasteiger partial charge is 0.142 e. The predicted molar refractivity (Wildman–Crippen MR) is 73.3 cm³/mol. The molecule has 18 heavy (non-hydrogen) atoms. The fourth-order valence-electron chi connectivity index (χ4n) is 3.34. The van der Waals surface area contributed by atoms with E-state index in [2.05, 4.69) is 17.3 Å². The van der Waals surface area contributed by atoms with Crippen LogP contribution in [0.1, 0.15) is 44.1 Å². The van der Waals surface area contributed by atoms with Crippen molar-refractivity contribution in [3.8, 4) is 0 Å². The van der Waals surface area contributed by atoms with Crippen molar-refractivity contribution >= 4 is 5.71 Å². The lowest BCUT2D eigenvalue weighted by Crippen LogP contribution is -2.32. The van der Waals surface area contributed by atoms with Crippen molar-refractivity contribution in [1.29, 1.82) is 0 Å². The predicted octanol–water partition coefficient (Wildman–Crippen LogP) is 4.16. The van der Waals surface area contributed by atoms with Gasteiger partial charge in [-0.3, -0.25) is 0 Å². The molecule has 96 valence electrons. The van der Waals surface area contributed by atoms with Crippen LogP contribution >= 0.6 is 0 Å². The Kier molecular flexibility index (Phi) is 3.63. The van der Waals surface area contributed by atoms with Crippen LogP contribution in [0.15, 0.2) is 35.5 Å². The van der Waals surface area contributed by atoms with Crippen molar-refractivity contribution in [2.24, 2.45) is 17.0 Å². The van der Waals surface area contributed by atoms with Crippen LogP contribution in [0.2, 0.25) is 0 Å². The van der Waals surface area contributed by atoms with Gasteiger partial charge in [0.05, 0.1) is 5.71 Å². The number of hydrogen-bond donors (Lipinski definition) is 0. The molecule has 1 aromatic carbocycles. The van der Waals surface area contributed by atoms with Crippen molar-refractivity contribution in [3.05, 3.63) is 35.9 Å². The minimum absolute atomic E-state index is 0.601. The van der Waals surface area contributed by atoms with E-state index in [4.69, 9.17) is 4.84 Å². The minimum Gasteiger partial charge on any atom is -0.391 e. The summed E-state index contributed by atoms with van der Waals surface area (Å²) in [6, 6.07) is 10.3. The highest BCUT2D eigenvalue weighted by atomic mass is 16.6. The molecule has 0 saturated heterocycles. The molecule has 0 atom stereocenters. The molecular weight excluding hydrogens is 222 g/mol. The molecule has 2 bridgehead atoms. The highest BCUT2D eigenvalue weighted by molar-refractivity contribution is 5.89. The number of rotatable bonds is 3. The molecule has 2 fully saturated rings. The third kappa shape index (κ3) is 2.58. The first kappa shape index (κ1) is 11.8. The molecule has 0 unspecified atom stereocenters. The third-order valence-corrected chi connectivity index (χ3v) is 4.29. The fraction of sp³-hybridized carbons (Fsp3) is 0.562. The van der Waals surface area contributed by atoms with Crippen molar-refractivity contribution in [3.63, 3.8) is 0 Å². The SMILES string of the molecule is c1ccc(CON=C2C3CCCC2CCC3)cc1. The van der Waals surface area contributed by atoms with Crippen LogP contribution in [-0.4, -0.2) is 5.71 Å². The van der Waals surface area contributed by atoms with Crippen LogP contribution in [0, 0.1) is 11.8 Å². The van der Waals surface area contributed by atoms with Gasteiger partial charge in [0.15, 0.2) is 0 Å². The summed E-state index contributed by atoms with van der Waals surface area (Å²) in [7, 11) is 0. The summed E-state index contributed by atoms with van der Waals surface area (Å²) in [6.45, 7) is 0.601. The van der Waals surface area contributed by atoms with Crippen LogP contribution in [0.25, 0.3) is 0 Å². The average Bonchev–Trinajstić information content (AvgIpc) is 2.39. The quantitative estimate of drug-likeness (QED) is 0.730. The summed E-state index contributed by atoms with van der Waals surface area (Å²) in [4.78, 5) is 5.58. The number of hydrogen-bond acceptors (Lipinski definition) is 2. The lowest BCUT2D eigenvalue weighted by molar-refractivity contribution is 0.123. The van der Waals surface area contributed by atoms with E-state index >= 15 is 0 Å². The first-order valence-electron chi connectivity index (χ1n) is 7.17. The molecule has 0 aliphatic heterocycles. The summed E-state index contributed by atoms with van der Waals surface area (Å²) in [5, 5.41) is 4.48. The number of nitrogens with zero attached hydrogens (tertiary/aromatic N) is 1. The standard InChI is InChI=1S/C16H21NO/c1-2-6-13(7-3-1)12-18-17-16-14-8-4-9-15(16)11-5-10-14/h1-3,6-7,14-15H,4-5,8-12H2. The maximum absolute atomic E-state index is 5.58. The average molecular weight is 243 g/mol. The van der Waals surface area contributed by atoms with Crippen molar-refractivity contribution < 1.29 is 4.84 Å². The van der Waals surface area contributed by atoms with E-state index in [0.29, 0.717) is 18.4 Å². The Morgan fingerprint density at radius 3 is 2.17 bits per heavy atom. The van der Waals surface area contributed by atoms with Crippen molar-refractivity contribution in [1.82, 2.24) is 0 Å². The van der Waals surface area contributed by atoms with Crippen LogP contribution in [-0.2, 0) is 11.4 Å². The van der Waals surface area contributed by atoms with Gasteiger partial charge in [-0.05, 0) is 31.2 Å². The van der Waals surface area contributed by atoms with Gasteiger partial charge in [0, 0.05) is 11.8 Å². The van der Waals surface area contributed by atoms with Gasteiger partial charge >= 0.3 is 0 Å². The minimum atomic E-state index is 0.601. The largest absolute Gasteiger partial charge is 0.391 e. The molecule has 2 aliphatic carbocycles. The Hall–Kier alpha value is -1.31. The van der Waals surface area contributed by atoms with Gasteiger partial charge in [0.1, 0.15) is 6.61 Å². The Bertz CT molecular complexity index is 388. The monoisotopic (exact) mass is 243 g/mol. The summed E-state index contributed by atoms with van der Waals surface area (Å²) in [5.74, 6) is 1.43. The van der Waals surface area contributed by atoms with E-state index in [-0.39, 0.29) is 0 Å². The van der Waals surface area contributed by atoms with E-state index in [1.807, 2.05) is 18.2 Å². The van der Waals surface area contributed by atoms with E-state index in [1.54, 1.807) is 0 Å². The van der Waals surface area contributed by atoms with Gasteiger partial charge in [-0.15, -0.1) is 0 Å². The Balaban J connectivity index is 1.62. The van der Waals surface area contributed by atoms with Crippen LogP contribution in [0.4, 0.5) is 0 Å². The first-order chi connectivity index (χ1) is 8.93. The topological polar surface area (TPSA) is 21.6 Å². The van der Waals surface area contributed by atoms with Gasteiger partial charge in [-0.2, -0.15) is 0 Å². The molecule has 2 heteroatoms. The third-order valence-electron chi connectivity index (χ3n) is 4.29. The van der Waals surface area contributed by atoms with Crippen LogP contribution < -0.4 is 0 Å². The second-order valence-electron chi connectivity index (χ2n) is 5.53. The molecule has 0 amide bonds. The van der Waals surface area contributed by atoms with Crippen LogP contribution in [0.5, 0.6) is 0 Å². The number of oxime groups is 1. The maximum atomic E-state index is 5.58. The van der Waals surface area contributed by atoms with Crippen molar-refractivity contribution in [2.75, 3.05) is 0 Å². The number of benzene rings is 1. The molecule has 2 nitrogen and oxygen atoms in total. The molecule has 2 aliphatic rings. The zero-order valence-corrected chi connectivity index (χ0v) is 10.8. The van der Waals surface area contributed by atoms with Crippen molar-refractivity contribution in [2.45, 2.75) is 45.1 Å². The molecule has 0 heterocycles. The Morgan fingerprint density at radius 2 is 1.56 bits per heavy atom. The second kappa shape index (κ2) is 5.55. The van der Waals surface area contributed by atoms with Crippen LogP contribution in [0.3, 0.4) is 0 Å². The molecule has 3 rings (SSSR count). The molecular formula is C16H21NO. The lowest BCUT2D eigenvalue weighted by atomic mass is 9.71. The molecule has 1 aromatic rings. The highest BCUT2D eigenvalue weighted by Gasteiger charge is 2.33. The van der Waals surface area contributed by atoms with Gasteiger partial charge in [0.2, 0.25) is 0 Å². The molecule has 2 saturated carbocycles. The van der Waals surface area contributed by atoms with Gasteiger partial charge in [0.25, 0.3) is 0 Å². The van der Waals surface area contributed by atoms with E-state index in [1.165, 1.54) is 49.8 Å². The molecule has 0 aromatic heterocycles. The first-order valence-corrected chi connectivity index (χ1v) is 7.17. The summed E-state index contributed by atoms with van der Waals surface area (Å²) in [6.07, 6.45) is 8.06. The summed E-state index contributed by atoms with van der Waals surface area (Å²) >= 11 is 0. The molecule has 0 radical (unpaired) electrons. The van der Waals surface area contributed by atoms with E-state index < -0.39 is 0 Å². The van der Waals surface area contributed by atoms with Gasteiger partial charge in [-0.1, -0.05) is 48.3 Å². The van der Waals surface area contributed by atoms with E-state index in [0.717, 1.165) is 0 Å². The normalized spacial score (nSPS) is 26.8. The lowest BCUT2D eigenvalue weighted by Gasteiger charge is -2.35. The zero-order chi connectivity index (χ0) is 12.2.